The van der Waals surface area contributed by atoms with Gasteiger partial charge in [0.2, 0.25) is 6.79 Å². The molecule has 0 unspecified atom stereocenters. The summed E-state index contributed by atoms with van der Waals surface area (Å²) in [6, 6.07) is 5.56. The summed E-state index contributed by atoms with van der Waals surface area (Å²) in [5.41, 5.74) is -0.0278. The first-order chi connectivity index (χ1) is 9.98. The van der Waals surface area contributed by atoms with E-state index in [9.17, 15) is 0 Å². The summed E-state index contributed by atoms with van der Waals surface area (Å²) >= 11 is 0. The van der Waals surface area contributed by atoms with Gasteiger partial charge in [0.1, 0.15) is 12.4 Å². The molecule has 0 saturated heterocycles. The summed E-state index contributed by atoms with van der Waals surface area (Å²) in [5, 5.41) is 6.49. The molecule has 1 heterocycles. The molecule has 0 bridgehead atoms. The van der Waals surface area contributed by atoms with Crippen molar-refractivity contribution in [2.75, 3.05) is 27.0 Å². The third-order valence-electron chi connectivity index (χ3n) is 2.72. The molecule has 0 spiro atoms. The van der Waals surface area contributed by atoms with E-state index in [0.29, 0.717) is 13.2 Å². The predicted octanol–water partition coefficient (Wildman–Crippen LogP) is 2.38. The highest BCUT2D eigenvalue weighted by Gasteiger charge is 2.14. The van der Waals surface area contributed by atoms with E-state index in [2.05, 4.69) is 36.4 Å². The predicted molar refractivity (Wildman–Crippen MR) is 97.7 cm³/mol. The van der Waals surface area contributed by atoms with Gasteiger partial charge in [0.05, 0.1) is 6.54 Å². The van der Waals surface area contributed by atoms with Gasteiger partial charge in [0, 0.05) is 18.7 Å². The van der Waals surface area contributed by atoms with E-state index < -0.39 is 0 Å². The third kappa shape index (κ3) is 5.78. The molecule has 1 aliphatic heterocycles. The van der Waals surface area contributed by atoms with E-state index in [1.165, 1.54) is 0 Å². The monoisotopic (exact) mass is 421 g/mol. The molecule has 0 atom stereocenters. The topological polar surface area (TPSA) is 64.1 Å². The first-order valence-electron chi connectivity index (χ1n) is 6.99. The fourth-order valence-electron chi connectivity index (χ4n) is 1.84. The quantitative estimate of drug-likeness (QED) is 0.338. The van der Waals surface area contributed by atoms with Gasteiger partial charge in [-0.1, -0.05) is 0 Å². The Morgan fingerprint density at radius 2 is 2.00 bits per heavy atom. The lowest BCUT2D eigenvalue weighted by Gasteiger charge is -2.23. The number of ether oxygens (including phenoxy) is 3. The normalized spacial score (nSPS) is 13.4. The molecule has 0 fully saturated rings. The standard InChI is InChI=1S/C15H23N3O3.HI/c1-15(2,3)18-14(16-4)17-7-8-19-11-5-6-12-13(9-11)21-10-20-12;/h5-6,9H,7-8,10H2,1-4H3,(H2,16,17,18);1H. The maximum absolute atomic E-state index is 5.68. The third-order valence-corrected chi connectivity index (χ3v) is 2.72. The Bertz CT molecular complexity index is 515. The maximum atomic E-state index is 5.68. The lowest BCUT2D eigenvalue weighted by atomic mass is 10.1. The maximum Gasteiger partial charge on any atom is 0.231 e. The summed E-state index contributed by atoms with van der Waals surface area (Å²) in [6.45, 7) is 7.72. The van der Waals surface area contributed by atoms with Crippen LogP contribution < -0.4 is 24.8 Å². The molecular weight excluding hydrogens is 397 g/mol. The second kappa shape index (κ2) is 8.30. The molecule has 0 saturated carbocycles. The number of guanidine groups is 1. The van der Waals surface area contributed by atoms with Crippen molar-refractivity contribution in [3.05, 3.63) is 18.2 Å². The van der Waals surface area contributed by atoms with Crippen molar-refractivity contribution in [2.24, 2.45) is 4.99 Å². The Morgan fingerprint density at radius 3 is 2.68 bits per heavy atom. The molecule has 0 aliphatic carbocycles. The smallest absolute Gasteiger partial charge is 0.231 e. The Morgan fingerprint density at radius 1 is 1.27 bits per heavy atom. The minimum Gasteiger partial charge on any atom is -0.492 e. The van der Waals surface area contributed by atoms with Gasteiger partial charge in [-0.2, -0.15) is 0 Å². The number of rotatable bonds is 4. The van der Waals surface area contributed by atoms with Gasteiger partial charge in [-0.3, -0.25) is 4.99 Å². The van der Waals surface area contributed by atoms with Crippen molar-refractivity contribution >= 4 is 29.9 Å². The average molecular weight is 421 g/mol. The molecule has 0 amide bonds. The van der Waals surface area contributed by atoms with Gasteiger partial charge in [0.15, 0.2) is 17.5 Å². The van der Waals surface area contributed by atoms with Gasteiger partial charge in [-0.15, -0.1) is 24.0 Å². The molecule has 124 valence electrons. The van der Waals surface area contributed by atoms with E-state index in [1.54, 1.807) is 7.05 Å². The van der Waals surface area contributed by atoms with Crippen LogP contribution in [-0.2, 0) is 0 Å². The molecular formula is C15H24IN3O3. The molecule has 7 heteroatoms. The minimum atomic E-state index is -0.0278. The zero-order valence-electron chi connectivity index (χ0n) is 13.4. The SMILES string of the molecule is CN=C(NCCOc1ccc2c(c1)OCO2)NC(C)(C)C.I. The van der Waals surface area contributed by atoms with Crippen LogP contribution in [0.15, 0.2) is 23.2 Å². The van der Waals surface area contributed by atoms with Crippen LogP contribution in [-0.4, -0.2) is 38.5 Å². The summed E-state index contributed by atoms with van der Waals surface area (Å²) in [7, 11) is 1.75. The van der Waals surface area contributed by atoms with Gasteiger partial charge in [-0.25, -0.2) is 0 Å². The van der Waals surface area contributed by atoms with E-state index in [-0.39, 0.29) is 36.3 Å². The molecule has 1 aromatic carbocycles. The molecule has 1 aliphatic rings. The Hall–Kier alpha value is -1.38. The van der Waals surface area contributed by atoms with Crippen LogP contribution in [0.3, 0.4) is 0 Å². The molecule has 0 radical (unpaired) electrons. The van der Waals surface area contributed by atoms with Crippen LogP contribution in [0.1, 0.15) is 20.8 Å². The number of fused-ring (bicyclic) bond motifs is 1. The van der Waals surface area contributed by atoms with Crippen LogP contribution in [0.5, 0.6) is 17.2 Å². The van der Waals surface area contributed by atoms with Crippen LogP contribution >= 0.6 is 24.0 Å². The van der Waals surface area contributed by atoms with Crippen LogP contribution in [0.25, 0.3) is 0 Å². The van der Waals surface area contributed by atoms with Gasteiger partial charge in [-0.05, 0) is 32.9 Å². The second-order valence-corrected chi connectivity index (χ2v) is 5.74. The van der Waals surface area contributed by atoms with Gasteiger partial charge < -0.3 is 24.8 Å². The number of nitrogens with zero attached hydrogens (tertiary/aromatic N) is 1. The molecule has 0 aromatic heterocycles. The molecule has 1 aromatic rings. The van der Waals surface area contributed by atoms with Crippen molar-refractivity contribution in [1.29, 1.82) is 0 Å². The largest absolute Gasteiger partial charge is 0.492 e. The van der Waals surface area contributed by atoms with Crippen LogP contribution in [0.4, 0.5) is 0 Å². The first kappa shape index (κ1) is 18.7. The van der Waals surface area contributed by atoms with Gasteiger partial charge in [0.25, 0.3) is 0 Å². The van der Waals surface area contributed by atoms with Crippen molar-refractivity contribution in [3.63, 3.8) is 0 Å². The van der Waals surface area contributed by atoms with Crippen molar-refractivity contribution in [1.82, 2.24) is 10.6 Å². The summed E-state index contributed by atoms with van der Waals surface area (Å²) < 4.78 is 16.2. The number of halogens is 1. The summed E-state index contributed by atoms with van der Waals surface area (Å²) in [6.07, 6.45) is 0. The zero-order valence-corrected chi connectivity index (χ0v) is 15.8. The molecule has 22 heavy (non-hydrogen) atoms. The van der Waals surface area contributed by atoms with E-state index >= 15 is 0 Å². The number of hydrogen-bond donors (Lipinski definition) is 2. The van der Waals surface area contributed by atoms with Crippen molar-refractivity contribution in [2.45, 2.75) is 26.3 Å². The summed E-state index contributed by atoms with van der Waals surface area (Å²) in [5.74, 6) is 3.01. The van der Waals surface area contributed by atoms with E-state index in [1.807, 2.05) is 18.2 Å². The highest BCUT2D eigenvalue weighted by Crippen LogP contribution is 2.34. The molecule has 2 rings (SSSR count). The average Bonchev–Trinajstić information content (AvgIpc) is 2.88. The Balaban J connectivity index is 0.00000242. The fourth-order valence-corrected chi connectivity index (χ4v) is 1.84. The zero-order chi connectivity index (χ0) is 15.3. The number of hydrogen-bond acceptors (Lipinski definition) is 4. The van der Waals surface area contributed by atoms with Gasteiger partial charge >= 0.3 is 0 Å². The summed E-state index contributed by atoms with van der Waals surface area (Å²) in [4.78, 5) is 4.17. The van der Waals surface area contributed by atoms with Crippen molar-refractivity contribution < 1.29 is 14.2 Å². The lowest BCUT2D eigenvalue weighted by molar-refractivity contribution is 0.173. The highest BCUT2D eigenvalue weighted by molar-refractivity contribution is 14.0. The Labute approximate surface area is 148 Å². The first-order valence-corrected chi connectivity index (χ1v) is 6.99. The second-order valence-electron chi connectivity index (χ2n) is 5.74. The fraction of sp³-hybridized carbons (Fsp3) is 0.533. The number of benzene rings is 1. The van der Waals surface area contributed by atoms with Crippen LogP contribution in [0.2, 0.25) is 0 Å². The lowest BCUT2D eigenvalue weighted by Crippen LogP contribution is -2.48. The van der Waals surface area contributed by atoms with Crippen LogP contribution in [0, 0.1) is 0 Å². The van der Waals surface area contributed by atoms with E-state index in [4.69, 9.17) is 14.2 Å². The Kier molecular flexibility index (Phi) is 7.05. The highest BCUT2D eigenvalue weighted by atomic mass is 127. The molecule has 6 nitrogen and oxygen atoms in total. The molecule has 2 N–H and O–H groups in total. The van der Waals surface area contributed by atoms with E-state index in [0.717, 1.165) is 23.2 Å². The number of nitrogens with one attached hydrogen (secondary N) is 2. The minimum absolute atomic E-state index is 0. The van der Waals surface area contributed by atoms with Crippen molar-refractivity contribution in [3.8, 4) is 17.2 Å². The number of aliphatic imine (C=N–C) groups is 1.